The minimum absolute atomic E-state index is 0.127. The molecule has 0 saturated carbocycles. The van der Waals surface area contributed by atoms with Crippen molar-refractivity contribution in [1.29, 1.82) is 0 Å². The molecule has 0 spiro atoms. The molecule has 716 valence electrons. The van der Waals surface area contributed by atoms with Gasteiger partial charge >= 0.3 is 16.4 Å². The van der Waals surface area contributed by atoms with Crippen molar-refractivity contribution in [2.45, 2.75) is 257 Å². The van der Waals surface area contributed by atoms with Crippen LogP contribution < -0.4 is 30.7 Å². The van der Waals surface area contributed by atoms with E-state index in [4.69, 9.17) is 71.0 Å². The van der Waals surface area contributed by atoms with E-state index in [1.165, 1.54) is 0 Å². The number of carbonyl (C=O) groups excluding carboxylic acids is 6. The SMILES string of the molecule is CN(C)P(OC(C)(C)C)OC(C)(C)C.Cc1ccccc1C(=O)Nc1ccc(C(=O)N2CCCC(O)c3cc(Cl)ccc32)c(C)c1.Cc1ccccc1C(=O)Nc1ccc(C(=O)N2CCCC(OP(=O)(OC(C)(C)C)OC(C)(C)C)c3cc(Cl)ccc32)c(C)c1.Cc1ccccc1C(=O)Nc1ccc(C(=O)N2CCCC(OP(OC(C)(C)C)OC(C)(C)C)c3cc(Cl)ccc32)c(C)c1. The standard InChI is InChI=1S/C34H42ClN2O6P.C34H42ClN2O5P.C26H25ClN2O3.C10H24NO2P/c1-22-12-9-10-13-26(22)31(38)36-25-16-17-27(23(2)20-25)32(39)37-19-11-14-30(28-21-24(35)15-18-29(28)37)41-44(40,42-33(3,4)5)43-34(6,7)8;1-22-12-9-10-13-26(22)31(38)36-25-16-17-27(23(2)20-25)32(39)37-19-11-14-30(28-21-24(35)15-18-29(28)37)40-43(41-33(3,4)5)42-34(6,7)8;1-16-6-3-4-7-20(16)25(31)28-19-10-11-21(17(2)14-19)26(32)29-13-5-8-24(30)22-15-18(27)9-12-23(22)29;1-9(2,3)12-14(11(7)8)13-10(4,5)6/h9-10,12-13,15-18,20-21,30H,11,14,19H2,1-8H3,(H,36,38);9-10,12-13,15-18,20-21,30H,11,14,19H2,1-8H3,(H,36,38);3-4,6-7,9-12,14-15,24,30H,5,8,13H2,1-2H3,(H,28,31);1-8H3. The number of nitrogens with zero attached hydrogens (tertiary/aromatic N) is 4. The fourth-order valence-corrected chi connectivity index (χ4v) is 20.0. The number of anilines is 6. The second kappa shape index (κ2) is 46.0. The summed E-state index contributed by atoms with van der Waals surface area (Å²) in [6.07, 6.45) is 1.94. The number of phosphoric acid groups is 1. The van der Waals surface area contributed by atoms with Crippen molar-refractivity contribution >= 4 is 129 Å². The third-order valence-electron chi connectivity index (χ3n) is 20.5. The zero-order valence-electron chi connectivity index (χ0n) is 81.8. The number of aryl methyl sites for hydroxylation is 6. The molecule has 3 unspecified atom stereocenters. The highest BCUT2D eigenvalue weighted by Crippen LogP contribution is 2.60. The maximum Gasteiger partial charge on any atom is 0.476 e. The largest absolute Gasteiger partial charge is 0.476 e. The van der Waals surface area contributed by atoms with Crippen LogP contribution in [0.1, 0.15) is 294 Å². The molecule has 3 heterocycles. The smallest absolute Gasteiger partial charge is 0.388 e. The number of hydrogen-bond acceptors (Lipinski definition) is 17. The molecule has 0 fully saturated rings. The first-order chi connectivity index (χ1) is 61.9. The predicted octanol–water partition coefficient (Wildman–Crippen LogP) is 28.1. The topological polar surface area (TPSA) is 263 Å². The van der Waals surface area contributed by atoms with E-state index in [0.717, 1.165) is 39.1 Å². The lowest BCUT2D eigenvalue weighted by molar-refractivity contribution is -0.0127. The fraction of sp³-hybridized carbons (Fsp3) is 0.423. The van der Waals surface area contributed by atoms with Crippen LogP contribution in [0.15, 0.2) is 182 Å². The van der Waals surface area contributed by atoms with Crippen molar-refractivity contribution in [2.24, 2.45) is 0 Å². The van der Waals surface area contributed by atoms with Gasteiger partial charge in [-0.3, -0.25) is 42.3 Å². The summed E-state index contributed by atoms with van der Waals surface area (Å²) in [4.78, 5) is 85.1. The molecule has 12 rings (SSSR count). The minimum Gasteiger partial charge on any atom is -0.388 e. The van der Waals surface area contributed by atoms with Crippen LogP contribution in [-0.2, 0) is 40.8 Å². The number of aliphatic hydroxyl groups excluding tert-OH is 1. The van der Waals surface area contributed by atoms with Crippen molar-refractivity contribution in [2.75, 3.05) is 64.4 Å². The van der Waals surface area contributed by atoms with E-state index < -0.39 is 59.6 Å². The molecule has 9 aromatic rings. The number of phosphoric ester groups is 1. The van der Waals surface area contributed by atoms with Crippen LogP contribution in [0, 0.1) is 41.5 Å². The highest BCUT2D eigenvalue weighted by atomic mass is 35.5. The Kier molecular flexibility index (Phi) is 37.4. The first-order valence-corrected chi connectivity index (χ1v) is 49.6. The summed E-state index contributed by atoms with van der Waals surface area (Å²) >= 11 is 19.0. The molecular formula is C104H133Cl3N7O16P3. The quantitative estimate of drug-likeness (QED) is 0.0517. The highest BCUT2D eigenvalue weighted by molar-refractivity contribution is 7.48. The van der Waals surface area contributed by atoms with Crippen LogP contribution in [-0.4, -0.2) is 113 Å². The Morgan fingerprint density at radius 2 is 0.677 bits per heavy atom. The van der Waals surface area contributed by atoms with Gasteiger partial charge in [-0.15, -0.1) is 0 Å². The van der Waals surface area contributed by atoms with Gasteiger partial charge in [0.1, 0.15) is 0 Å². The number of fused-ring (bicyclic) bond motifs is 3. The number of nitrogens with one attached hydrogen (secondary N) is 3. The summed E-state index contributed by atoms with van der Waals surface area (Å²) < 4.78 is 64.7. The zero-order chi connectivity index (χ0) is 98.4. The second-order valence-electron chi connectivity index (χ2n) is 39.5. The van der Waals surface area contributed by atoms with E-state index >= 15 is 0 Å². The molecule has 3 atom stereocenters. The molecule has 0 aromatic heterocycles. The van der Waals surface area contributed by atoms with Gasteiger partial charge in [0, 0.05) is 119 Å². The Morgan fingerprint density at radius 3 is 0.985 bits per heavy atom. The van der Waals surface area contributed by atoms with Gasteiger partial charge in [0.05, 0.1) is 51.9 Å². The summed E-state index contributed by atoms with van der Waals surface area (Å²) in [5.74, 6) is -1.06. The first kappa shape index (κ1) is 108. The average molecular weight is 1940 g/mol. The second-order valence-corrected chi connectivity index (χ2v) is 44.9. The molecule has 6 amide bonds. The molecule has 0 saturated heterocycles. The number of benzene rings is 9. The van der Waals surface area contributed by atoms with E-state index in [0.29, 0.717) is 152 Å². The van der Waals surface area contributed by atoms with Crippen LogP contribution in [0.3, 0.4) is 0 Å². The Bertz CT molecular complexity index is 5620. The first-order valence-electron chi connectivity index (χ1n) is 44.8. The van der Waals surface area contributed by atoms with Crippen molar-refractivity contribution in [3.63, 3.8) is 0 Å². The van der Waals surface area contributed by atoms with Gasteiger partial charge in [-0.25, -0.2) is 9.24 Å². The molecule has 133 heavy (non-hydrogen) atoms. The lowest BCUT2D eigenvalue weighted by atomic mass is 10.0. The summed E-state index contributed by atoms with van der Waals surface area (Å²) in [5.41, 5.74) is 11.5. The Hall–Kier alpha value is -8.64. The minimum atomic E-state index is -4.05. The third kappa shape index (κ3) is 32.2. The van der Waals surface area contributed by atoms with Crippen molar-refractivity contribution in [1.82, 2.24) is 4.67 Å². The molecule has 29 heteroatoms. The number of aliphatic hydroxyl groups is 1. The highest BCUT2D eigenvalue weighted by Gasteiger charge is 2.43. The van der Waals surface area contributed by atoms with Crippen LogP contribution in [0.4, 0.5) is 34.1 Å². The van der Waals surface area contributed by atoms with Crippen molar-refractivity contribution in [3.05, 3.63) is 281 Å². The van der Waals surface area contributed by atoms with Crippen LogP contribution in [0.2, 0.25) is 15.1 Å². The zero-order valence-corrected chi connectivity index (χ0v) is 86.7. The molecular weight excluding hydrogens is 1800 g/mol. The van der Waals surface area contributed by atoms with Crippen LogP contribution in [0.25, 0.3) is 0 Å². The van der Waals surface area contributed by atoms with Crippen molar-refractivity contribution < 1.29 is 74.6 Å². The van der Waals surface area contributed by atoms with Gasteiger partial charge < -0.3 is 58.4 Å². The van der Waals surface area contributed by atoms with Gasteiger partial charge in [-0.1, -0.05) is 89.4 Å². The summed E-state index contributed by atoms with van der Waals surface area (Å²) in [6, 6.07) is 54.1. The van der Waals surface area contributed by atoms with Gasteiger partial charge in [0.25, 0.3) is 44.0 Å². The molecule has 9 aromatic carbocycles. The fourth-order valence-electron chi connectivity index (χ4n) is 14.7. The Balaban J connectivity index is 0.000000211. The van der Waals surface area contributed by atoms with Crippen molar-refractivity contribution in [3.8, 4) is 0 Å². The number of rotatable bonds is 20. The third-order valence-corrected chi connectivity index (χ3v) is 27.1. The van der Waals surface area contributed by atoms with E-state index in [-0.39, 0.29) is 52.7 Å². The van der Waals surface area contributed by atoms with Crippen LogP contribution >= 0.6 is 59.8 Å². The van der Waals surface area contributed by atoms with E-state index in [1.807, 2.05) is 216 Å². The van der Waals surface area contributed by atoms with Gasteiger partial charge in [0.2, 0.25) is 0 Å². The molecule has 23 nitrogen and oxygen atoms in total. The van der Waals surface area contributed by atoms with Crippen LogP contribution in [0.5, 0.6) is 0 Å². The lowest BCUT2D eigenvalue weighted by Gasteiger charge is -2.34. The van der Waals surface area contributed by atoms with Gasteiger partial charge in [0.15, 0.2) is 0 Å². The number of amides is 6. The van der Waals surface area contributed by atoms with Gasteiger partial charge in [-0.2, -0.15) is 0 Å². The molecule has 0 bridgehead atoms. The van der Waals surface area contributed by atoms with E-state index in [9.17, 15) is 38.4 Å². The van der Waals surface area contributed by atoms with E-state index in [1.54, 1.807) is 165 Å². The summed E-state index contributed by atoms with van der Waals surface area (Å²) in [7, 11) is -2.76. The lowest BCUT2D eigenvalue weighted by Crippen LogP contribution is -2.32. The molecule has 3 aliphatic heterocycles. The van der Waals surface area contributed by atoms with E-state index in [2.05, 4.69) is 16.0 Å². The maximum atomic E-state index is 14.0. The summed E-state index contributed by atoms with van der Waals surface area (Å²) in [6.45, 7) is 47.5. The van der Waals surface area contributed by atoms with Gasteiger partial charge in [-0.05, 0) is 380 Å². The molecule has 4 N–H and O–H groups in total. The normalized spacial score (nSPS) is 15.6. The molecule has 0 aliphatic carbocycles. The molecule has 0 radical (unpaired) electrons. The average Bonchev–Trinajstić information content (AvgIpc) is 1.72. The summed E-state index contributed by atoms with van der Waals surface area (Å²) in [5, 5.41) is 20.8. The number of halogens is 3. The molecule has 3 aliphatic rings. The number of hydrogen-bond donors (Lipinski definition) is 4. The predicted molar refractivity (Wildman–Crippen MR) is 541 cm³/mol. The Labute approximate surface area is 804 Å². The monoisotopic (exact) mass is 1930 g/mol. The number of carbonyl (C=O) groups is 6. The maximum absolute atomic E-state index is 14.0. The Morgan fingerprint density at radius 1 is 0.376 bits per heavy atom.